The first-order valence-electron chi connectivity index (χ1n) is 10.8. The van der Waals surface area contributed by atoms with Crippen molar-refractivity contribution in [1.82, 2.24) is 20.5 Å². The fourth-order valence-corrected chi connectivity index (χ4v) is 4.65. The molecule has 164 valence electrons. The molecule has 0 spiro atoms. The van der Waals surface area contributed by atoms with Crippen molar-refractivity contribution in [2.45, 2.75) is 71.4 Å². The number of thiazole rings is 1. The van der Waals surface area contributed by atoms with Gasteiger partial charge in [-0.25, -0.2) is 9.78 Å². The number of esters is 1. The predicted octanol–water partition coefficient (Wildman–Crippen LogP) is 3.51. The number of aryl methyl sites for hydroxylation is 1. The highest BCUT2D eigenvalue weighted by Gasteiger charge is 2.20. The zero-order valence-corrected chi connectivity index (χ0v) is 19.4. The molecule has 1 aliphatic carbocycles. The molecular weight excluding hydrogens is 386 g/mol. The van der Waals surface area contributed by atoms with Crippen molar-refractivity contribution in [3.05, 3.63) is 15.6 Å². The van der Waals surface area contributed by atoms with E-state index in [1.54, 1.807) is 7.05 Å². The normalized spacial score (nSPS) is 16.7. The molecule has 7 nitrogen and oxygen atoms in total. The van der Waals surface area contributed by atoms with E-state index in [0.29, 0.717) is 17.2 Å². The molecule has 0 bridgehead atoms. The average molecular weight is 424 g/mol. The van der Waals surface area contributed by atoms with Gasteiger partial charge in [0.1, 0.15) is 9.88 Å². The van der Waals surface area contributed by atoms with Crippen LogP contribution in [-0.4, -0.2) is 61.6 Å². The first kappa shape index (κ1) is 23.6. The number of hydrogen-bond donors (Lipinski definition) is 2. The third-order valence-corrected chi connectivity index (χ3v) is 6.72. The van der Waals surface area contributed by atoms with Crippen LogP contribution in [0.1, 0.15) is 78.8 Å². The van der Waals surface area contributed by atoms with Crippen molar-refractivity contribution in [3.63, 3.8) is 0 Å². The summed E-state index contributed by atoms with van der Waals surface area (Å²) in [6.07, 6.45) is 7.89. The molecule has 1 aromatic rings. The molecule has 2 N–H and O–H groups in total. The average Bonchev–Trinajstić information content (AvgIpc) is 3.12. The molecule has 0 aromatic carbocycles. The topological polar surface area (TPSA) is 78.8 Å². The van der Waals surface area contributed by atoms with Crippen molar-refractivity contribution >= 4 is 23.3 Å². The zero-order chi connectivity index (χ0) is 21.2. The van der Waals surface area contributed by atoms with Crippen molar-refractivity contribution in [2.75, 3.05) is 33.8 Å². The number of hydrogen-bond acceptors (Lipinski definition) is 6. The molecule has 1 unspecified atom stereocenters. The summed E-state index contributed by atoms with van der Waals surface area (Å²) in [5.74, 6) is 0.453. The van der Waals surface area contributed by atoms with Crippen LogP contribution in [0, 0.1) is 6.92 Å². The minimum absolute atomic E-state index is 0.0435. The second-order valence-electron chi connectivity index (χ2n) is 7.68. The van der Waals surface area contributed by atoms with E-state index < -0.39 is 0 Å². The summed E-state index contributed by atoms with van der Waals surface area (Å²) in [7, 11) is 4.02. The summed E-state index contributed by atoms with van der Waals surface area (Å²) in [6.45, 7) is 8.01. The molecule has 2 rings (SSSR count). The lowest BCUT2D eigenvalue weighted by molar-refractivity contribution is 0.0531. The SMILES string of the molecule is CCOC(=O)c1sc(C(C)NC(=NC)NCCCN(C)C2CCCCC2)nc1C. The van der Waals surface area contributed by atoms with E-state index in [0.717, 1.165) is 36.5 Å². The number of nitrogens with zero attached hydrogens (tertiary/aromatic N) is 3. The summed E-state index contributed by atoms with van der Waals surface area (Å²) >= 11 is 1.38. The largest absolute Gasteiger partial charge is 0.462 e. The van der Waals surface area contributed by atoms with Gasteiger partial charge >= 0.3 is 5.97 Å². The molecule has 0 amide bonds. The highest BCUT2D eigenvalue weighted by Crippen LogP contribution is 2.24. The van der Waals surface area contributed by atoms with Gasteiger partial charge in [-0.15, -0.1) is 11.3 Å². The maximum Gasteiger partial charge on any atom is 0.350 e. The second-order valence-corrected chi connectivity index (χ2v) is 8.71. The summed E-state index contributed by atoms with van der Waals surface area (Å²) in [5, 5.41) is 7.61. The van der Waals surface area contributed by atoms with Crippen LogP contribution in [0.2, 0.25) is 0 Å². The third kappa shape index (κ3) is 7.26. The van der Waals surface area contributed by atoms with Crippen LogP contribution < -0.4 is 10.6 Å². The Morgan fingerprint density at radius 2 is 2.10 bits per heavy atom. The van der Waals surface area contributed by atoms with Crippen LogP contribution in [0.25, 0.3) is 0 Å². The first-order valence-corrected chi connectivity index (χ1v) is 11.6. The van der Waals surface area contributed by atoms with Crippen molar-refractivity contribution in [2.24, 2.45) is 4.99 Å². The Kier molecular flexibility index (Phi) is 9.87. The molecule has 0 saturated heterocycles. The predicted molar refractivity (Wildman–Crippen MR) is 120 cm³/mol. The van der Waals surface area contributed by atoms with Crippen LogP contribution in [0.3, 0.4) is 0 Å². The Bertz CT molecular complexity index is 670. The number of aromatic nitrogens is 1. The van der Waals surface area contributed by atoms with E-state index in [1.807, 2.05) is 20.8 Å². The molecule has 1 aromatic heterocycles. The standard InChI is InChI=1S/C21H37N5O2S/c1-6-28-20(27)18-15(2)24-19(29-18)16(3)25-21(22-4)23-13-10-14-26(5)17-11-8-7-9-12-17/h16-17H,6-14H2,1-5H3,(H2,22,23,25). The number of guanidine groups is 1. The maximum atomic E-state index is 12.0. The van der Waals surface area contributed by atoms with Gasteiger partial charge in [-0.2, -0.15) is 0 Å². The smallest absolute Gasteiger partial charge is 0.350 e. The van der Waals surface area contributed by atoms with Gasteiger partial charge in [-0.3, -0.25) is 4.99 Å². The lowest BCUT2D eigenvalue weighted by Crippen LogP contribution is -2.40. The lowest BCUT2D eigenvalue weighted by atomic mass is 9.94. The van der Waals surface area contributed by atoms with Crippen molar-refractivity contribution in [3.8, 4) is 0 Å². The summed E-state index contributed by atoms with van der Waals surface area (Å²) in [6, 6.07) is 0.709. The minimum Gasteiger partial charge on any atom is -0.462 e. The highest BCUT2D eigenvalue weighted by atomic mass is 32.1. The highest BCUT2D eigenvalue weighted by molar-refractivity contribution is 7.13. The minimum atomic E-state index is -0.300. The van der Waals surface area contributed by atoms with E-state index >= 15 is 0 Å². The van der Waals surface area contributed by atoms with E-state index in [9.17, 15) is 4.79 Å². The van der Waals surface area contributed by atoms with Crippen molar-refractivity contribution in [1.29, 1.82) is 0 Å². The lowest BCUT2D eigenvalue weighted by Gasteiger charge is -2.31. The second kappa shape index (κ2) is 12.1. The molecule has 1 saturated carbocycles. The van der Waals surface area contributed by atoms with Crippen LogP contribution in [0.5, 0.6) is 0 Å². The van der Waals surface area contributed by atoms with Crippen LogP contribution in [-0.2, 0) is 4.74 Å². The fraction of sp³-hybridized carbons (Fsp3) is 0.762. The quantitative estimate of drug-likeness (QED) is 0.274. The van der Waals surface area contributed by atoms with Gasteiger partial charge in [0.2, 0.25) is 0 Å². The molecule has 1 heterocycles. The Labute approximate surface area is 179 Å². The summed E-state index contributed by atoms with van der Waals surface area (Å²) in [5.41, 5.74) is 0.714. The monoisotopic (exact) mass is 423 g/mol. The molecule has 1 aliphatic rings. The summed E-state index contributed by atoms with van der Waals surface area (Å²) < 4.78 is 5.10. The number of aliphatic imine (C=N–C) groups is 1. The number of ether oxygens (including phenoxy) is 1. The van der Waals surface area contributed by atoms with Gasteiger partial charge in [0, 0.05) is 19.6 Å². The zero-order valence-electron chi connectivity index (χ0n) is 18.6. The van der Waals surface area contributed by atoms with Crippen molar-refractivity contribution < 1.29 is 9.53 Å². The molecular formula is C21H37N5O2S. The summed E-state index contributed by atoms with van der Waals surface area (Å²) in [4.78, 5) is 24.0. The van der Waals surface area contributed by atoms with E-state index in [-0.39, 0.29) is 12.0 Å². The molecule has 1 fully saturated rings. The van der Waals surface area contributed by atoms with Gasteiger partial charge < -0.3 is 20.3 Å². The number of rotatable bonds is 9. The van der Waals surface area contributed by atoms with E-state index in [1.165, 1.54) is 43.4 Å². The number of nitrogens with one attached hydrogen (secondary N) is 2. The van der Waals surface area contributed by atoms with Crippen LogP contribution in [0.4, 0.5) is 0 Å². The van der Waals surface area contributed by atoms with Gasteiger partial charge in [0.15, 0.2) is 5.96 Å². The molecule has 0 aliphatic heterocycles. The Morgan fingerprint density at radius 1 is 1.38 bits per heavy atom. The van der Waals surface area contributed by atoms with Gasteiger partial charge in [-0.05, 0) is 53.6 Å². The van der Waals surface area contributed by atoms with Gasteiger partial charge in [0.25, 0.3) is 0 Å². The van der Waals surface area contributed by atoms with E-state index in [4.69, 9.17) is 4.74 Å². The number of carbonyl (C=O) groups excluding carboxylic acids is 1. The van der Waals surface area contributed by atoms with Crippen LogP contribution >= 0.6 is 11.3 Å². The molecule has 0 radical (unpaired) electrons. The Morgan fingerprint density at radius 3 is 2.76 bits per heavy atom. The van der Waals surface area contributed by atoms with Gasteiger partial charge in [0.05, 0.1) is 18.3 Å². The molecule has 29 heavy (non-hydrogen) atoms. The van der Waals surface area contributed by atoms with Gasteiger partial charge in [-0.1, -0.05) is 19.3 Å². The number of carbonyl (C=O) groups is 1. The fourth-order valence-electron chi connectivity index (χ4n) is 3.69. The third-order valence-electron chi connectivity index (χ3n) is 5.40. The first-order chi connectivity index (χ1) is 14.0. The Hall–Kier alpha value is -1.67. The van der Waals surface area contributed by atoms with E-state index in [2.05, 4.69) is 32.6 Å². The van der Waals surface area contributed by atoms with Crippen LogP contribution in [0.15, 0.2) is 4.99 Å². The Balaban J connectivity index is 1.77. The molecule has 1 atom stereocenters. The maximum absolute atomic E-state index is 12.0. The molecule has 8 heteroatoms.